The van der Waals surface area contributed by atoms with Crippen LogP contribution in [0, 0.1) is 0 Å². The number of rotatable bonds is 13. The van der Waals surface area contributed by atoms with Crippen molar-refractivity contribution in [2.24, 2.45) is 22.2 Å². The average molecular weight is 517 g/mol. The second kappa shape index (κ2) is 12.8. The number of carbonyl (C=O) groups is 2. The Hall–Kier alpha value is -4.31. The van der Waals surface area contributed by atoms with E-state index in [1.807, 2.05) is 54.9 Å². The Balaban J connectivity index is 1.36. The zero-order valence-corrected chi connectivity index (χ0v) is 21.5. The Morgan fingerprint density at radius 3 is 2.16 bits per heavy atom. The molecule has 38 heavy (non-hydrogen) atoms. The summed E-state index contributed by atoms with van der Waals surface area (Å²) in [7, 11) is 0. The number of fused-ring (bicyclic) bond motifs is 2. The number of guanidine groups is 1. The van der Waals surface area contributed by atoms with Gasteiger partial charge in [0.15, 0.2) is 5.96 Å². The van der Waals surface area contributed by atoms with Crippen molar-refractivity contribution in [2.45, 2.75) is 31.7 Å². The lowest BCUT2D eigenvalue weighted by Crippen LogP contribution is -2.48. The average Bonchev–Trinajstić information content (AvgIpc) is 3.52. The summed E-state index contributed by atoms with van der Waals surface area (Å²) in [4.78, 5) is 38.1. The van der Waals surface area contributed by atoms with Crippen LogP contribution in [0.2, 0.25) is 0 Å². The van der Waals surface area contributed by atoms with Gasteiger partial charge in [-0.05, 0) is 48.9 Å². The first-order chi connectivity index (χ1) is 18.4. The van der Waals surface area contributed by atoms with Crippen molar-refractivity contribution in [3.63, 3.8) is 0 Å². The van der Waals surface area contributed by atoms with Gasteiger partial charge in [0.05, 0.1) is 12.6 Å². The molecule has 0 saturated heterocycles. The van der Waals surface area contributed by atoms with E-state index in [0.29, 0.717) is 45.3 Å². The van der Waals surface area contributed by atoms with Crippen LogP contribution in [0.25, 0.3) is 21.8 Å². The fourth-order valence-corrected chi connectivity index (χ4v) is 4.64. The van der Waals surface area contributed by atoms with Crippen LogP contribution >= 0.6 is 0 Å². The zero-order chi connectivity index (χ0) is 26.9. The molecule has 2 aromatic carbocycles. The summed E-state index contributed by atoms with van der Waals surface area (Å²) >= 11 is 0. The number of nitrogens with two attached hydrogens (primary N) is 3. The lowest BCUT2D eigenvalue weighted by molar-refractivity contribution is -0.137. The van der Waals surface area contributed by atoms with Gasteiger partial charge in [-0.1, -0.05) is 36.4 Å². The van der Waals surface area contributed by atoms with E-state index < -0.39 is 6.04 Å². The summed E-state index contributed by atoms with van der Waals surface area (Å²) in [6.07, 6.45) is 6.18. The van der Waals surface area contributed by atoms with Crippen molar-refractivity contribution in [3.8, 4) is 0 Å². The molecule has 10 nitrogen and oxygen atoms in total. The maximum atomic E-state index is 13.3. The summed E-state index contributed by atoms with van der Waals surface area (Å²) in [6.45, 7) is 1.18. The number of para-hydroxylation sites is 2. The van der Waals surface area contributed by atoms with Gasteiger partial charge in [0.2, 0.25) is 11.8 Å². The number of amides is 2. The highest BCUT2D eigenvalue weighted by molar-refractivity contribution is 5.88. The minimum atomic E-state index is -0.744. The van der Waals surface area contributed by atoms with E-state index in [1.165, 1.54) is 0 Å². The van der Waals surface area contributed by atoms with Gasteiger partial charge in [-0.3, -0.25) is 14.6 Å². The smallest absolute Gasteiger partial charge is 0.239 e. The third-order valence-electron chi connectivity index (χ3n) is 6.65. The Labute approximate surface area is 221 Å². The third-order valence-corrected chi connectivity index (χ3v) is 6.65. The number of H-pyrrole nitrogens is 2. The van der Waals surface area contributed by atoms with Crippen LogP contribution in [-0.4, -0.2) is 64.9 Å². The van der Waals surface area contributed by atoms with Gasteiger partial charge in [-0.15, -0.1) is 0 Å². The van der Waals surface area contributed by atoms with Crippen molar-refractivity contribution in [1.82, 2.24) is 20.2 Å². The number of nitrogens with one attached hydrogen (secondary N) is 3. The largest absolute Gasteiger partial charge is 0.370 e. The second-order valence-corrected chi connectivity index (χ2v) is 9.38. The van der Waals surface area contributed by atoms with Crippen LogP contribution in [-0.2, 0) is 22.4 Å². The van der Waals surface area contributed by atoms with Crippen LogP contribution in [0.3, 0.4) is 0 Å². The van der Waals surface area contributed by atoms with Gasteiger partial charge >= 0.3 is 0 Å². The van der Waals surface area contributed by atoms with E-state index in [1.54, 1.807) is 4.90 Å². The molecule has 0 saturated carbocycles. The molecule has 0 bridgehead atoms. The van der Waals surface area contributed by atoms with Crippen molar-refractivity contribution < 1.29 is 9.59 Å². The molecular formula is C28H36N8O2. The number of hydrogen-bond acceptors (Lipinski definition) is 4. The van der Waals surface area contributed by atoms with Crippen molar-refractivity contribution in [1.29, 1.82) is 0 Å². The predicted octanol–water partition coefficient (Wildman–Crippen LogP) is 1.76. The fraction of sp³-hybridized carbons (Fsp3) is 0.321. The number of aliphatic imine (C=N–C) groups is 1. The first-order valence-corrected chi connectivity index (χ1v) is 12.9. The summed E-state index contributed by atoms with van der Waals surface area (Å²) in [6, 6.07) is 15.3. The first kappa shape index (κ1) is 26.7. The van der Waals surface area contributed by atoms with Gasteiger partial charge < -0.3 is 37.4 Å². The van der Waals surface area contributed by atoms with E-state index in [9.17, 15) is 9.59 Å². The Kier molecular flexibility index (Phi) is 8.99. The van der Waals surface area contributed by atoms with Gasteiger partial charge in [0.1, 0.15) is 0 Å². The van der Waals surface area contributed by atoms with Crippen molar-refractivity contribution in [2.75, 3.05) is 26.2 Å². The molecule has 10 heteroatoms. The van der Waals surface area contributed by atoms with E-state index in [4.69, 9.17) is 17.2 Å². The number of benzene rings is 2. The number of aromatic nitrogens is 2. The second-order valence-electron chi connectivity index (χ2n) is 9.38. The quantitative estimate of drug-likeness (QED) is 0.0901. The molecule has 0 unspecified atom stereocenters. The standard InChI is InChI=1S/C28H36N8O2/c29-23(8-5-13-33-28(30)31)27(38)36(15-12-20-17-35-25-10-4-2-7-22(20)25)18-26(37)32-14-11-19-16-34-24-9-3-1-6-21(19)24/h1-4,6-7,9-10,16-17,23,34-35H,5,8,11-15,18,29H2,(H,32,37)(H4,30,31,33)/t23-/m0/s1. The fourth-order valence-electron chi connectivity index (χ4n) is 4.64. The Morgan fingerprint density at radius 1 is 0.921 bits per heavy atom. The normalized spacial score (nSPS) is 11.9. The molecular weight excluding hydrogens is 480 g/mol. The lowest BCUT2D eigenvalue weighted by atomic mass is 10.1. The molecule has 0 aliphatic carbocycles. The number of nitrogens with zero attached hydrogens (tertiary/aromatic N) is 2. The van der Waals surface area contributed by atoms with Crippen LogP contribution in [0.5, 0.6) is 0 Å². The van der Waals surface area contributed by atoms with E-state index in [2.05, 4.69) is 26.3 Å². The molecule has 2 heterocycles. The Bertz CT molecular complexity index is 1400. The zero-order valence-electron chi connectivity index (χ0n) is 21.5. The highest BCUT2D eigenvalue weighted by Gasteiger charge is 2.23. The summed E-state index contributed by atoms with van der Waals surface area (Å²) < 4.78 is 0. The summed E-state index contributed by atoms with van der Waals surface area (Å²) in [5, 5.41) is 5.20. The van der Waals surface area contributed by atoms with Gasteiger partial charge in [-0.25, -0.2) is 0 Å². The number of hydrogen-bond donors (Lipinski definition) is 6. The van der Waals surface area contributed by atoms with E-state index in [-0.39, 0.29) is 24.3 Å². The SMILES string of the molecule is NC(N)=NCCC[C@H](N)C(=O)N(CCc1c[nH]c2ccccc12)CC(=O)NCCc1c[nH]c2ccccc12. The minimum Gasteiger partial charge on any atom is -0.370 e. The number of carbonyl (C=O) groups excluding carboxylic acids is 2. The molecule has 0 aliphatic rings. The van der Waals surface area contributed by atoms with Gasteiger partial charge in [-0.2, -0.15) is 0 Å². The topological polar surface area (TPSA) is 171 Å². The molecule has 0 aliphatic heterocycles. The third kappa shape index (κ3) is 6.92. The monoisotopic (exact) mass is 516 g/mol. The molecule has 1 atom stereocenters. The predicted molar refractivity (Wildman–Crippen MR) is 151 cm³/mol. The molecule has 9 N–H and O–H groups in total. The van der Waals surface area contributed by atoms with E-state index in [0.717, 1.165) is 32.9 Å². The molecule has 4 aromatic rings. The summed E-state index contributed by atoms with van der Waals surface area (Å²) in [5.74, 6) is -0.472. The van der Waals surface area contributed by atoms with Crippen molar-refractivity contribution in [3.05, 3.63) is 72.1 Å². The molecule has 200 valence electrons. The van der Waals surface area contributed by atoms with Crippen molar-refractivity contribution >= 4 is 39.6 Å². The lowest BCUT2D eigenvalue weighted by Gasteiger charge is -2.25. The Morgan fingerprint density at radius 2 is 1.53 bits per heavy atom. The maximum absolute atomic E-state index is 13.3. The molecule has 0 spiro atoms. The van der Waals surface area contributed by atoms with Crippen LogP contribution < -0.4 is 22.5 Å². The van der Waals surface area contributed by atoms with E-state index >= 15 is 0 Å². The highest BCUT2D eigenvalue weighted by Crippen LogP contribution is 2.19. The molecule has 4 rings (SSSR count). The highest BCUT2D eigenvalue weighted by atomic mass is 16.2. The minimum absolute atomic E-state index is 0.00885. The first-order valence-electron chi connectivity index (χ1n) is 12.9. The molecule has 0 radical (unpaired) electrons. The van der Waals surface area contributed by atoms with Crippen LogP contribution in [0.15, 0.2) is 65.9 Å². The van der Waals surface area contributed by atoms with Crippen LogP contribution in [0.1, 0.15) is 24.0 Å². The molecule has 2 amide bonds. The summed E-state index contributed by atoms with van der Waals surface area (Å²) in [5.41, 5.74) is 21.3. The molecule has 0 fully saturated rings. The van der Waals surface area contributed by atoms with Crippen LogP contribution in [0.4, 0.5) is 0 Å². The number of aromatic amines is 2. The maximum Gasteiger partial charge on any atom is 0.239 e. The van der Waals surface area contributed by atoms with Gasteiger partial charge in [0.25, 0.3) is 0 Å². The van der Waals surface area contributed by atoms with Gasteiger partial charge in [0, 0.05) is 53.8 Å². The molecule has 2 aromatic heterocycles.